The molecule has 0 aliphatic rings. The second-order valence-corrected chi connectivity index (χ2v) is 14.1. The number of furan rings is 1. The molecule has 0 unspecified atom stereocenters. The summed E-state index contributed by atoms with van der Waals surface area (Å²) >= 11 is 1.84. The van der Waals surface area contributed by atoms with E-state index in [-0.39, 0.29) is 0 Å². The van der Waals surface area contributed by atoms with Gasteiger partial charge in [0.15, 0.2) is 11.4 Å². The molecular weight excluding hydrogens is 665 g/mol. The molecule has 3 heterocycles. The first-order valence-corrected chi connectivity index (χ1v) is 18.6. The molecule has 6 aromatic carbocycles. The van der Waals surface area contributed by atoms with E-state index in [9.17, 15) is 0 Å². The van der Waals surface area contributed by atoms with Crippen LogP contribution in [0.15, 0.2) is 175 Å². The number of para-hydroxylation sites is 1. The van der Waals surface area contributed by atoms with Gasteiger partial charge in [0.05, 0.1) is 0 Å². The molecule has 0 aliphatic carbocycles. The van der Waals surface area contributed by atoms with Gasteiger partial charge in [0.1, 0.15) is 16.8 Å². The molecule has 0 saturated carbocycles. The van der Waals surface area contributed by atoms with Gasteiger partial charge in [-0.1, -0.05) is 146 Å². The third-order valence-electron chi connectivity index (χ3n) is 9.62. The van der Waals surface area contributed by atoms with E-state index in [0.29, 0.717) is 11.4 Å². The van der Waals surface area contributed by atoms with Crippen molar-refractivity contribution in [2.75, 3.05) is 0 Å². The standard InChI is InChI=1S/C41H28N2OS.C8H10/c1-3-11-26(12-4-2)27-21-23-28(24-22-27)41-42-37(39-38(43-41)34-16-5-7-19-35(34)44-39)30-14-9-13-29(25-30)31-17-10-18-33-32-15-6-8-20-36(32)45-40(31)33;1-7-5-3-4-6-8(7)2/h3-25H,1H2,2H3;3-6H,1-2H3/b12-4-,26-11+;. The molecule has 0 bridgehead atoms. The molecule has 9 rings (SSSR count). The van der Waals surface area contributed by atoms with Gasteiger partial charge in [-0.25, -0.2) is 9.97 Å². The number of nitrogens with zero attached hydrogens (tertiary/aromatic N) is 2. The number of benzene rings is 6. The first-order chi connectivity index (χ1) is 26.0. The maximum Gasteiger partial charge on any atom is 0.180 e. The van der Waals surface area contributed by atoms with Gasteiger partial charge in [0, 0.05) is 36.7 Å². The lowest BCUT2D eigenvalue weighted by Crippen LogP contribution is -1.94. The van der Waals surface area contributed by atoms with Crippen LogP contribution in [0.2, 0.25) is 0 Å². The molecule has 0 N–H and O–H groups in total. The van der Waals surface area contributed by atoms with Gasteiger partial charge in [-0.05, 0) is 78.4 Å². The quantitative estimate of drug-likeness (QED) is 0.162. The lowest BCUT2D eigenvalue weighted by molar-refractivity contribution is 0.667. The summed E-state index contributed by atoms with van der Waals surface area (Å²) in [7, 11) is 0. The van der Waals surface area contributed by atoms with Crippen molar-refractivity contribution in [1.29, 1.82) is 0 Å². The van der Waals surface area contributed by atoms with Gasteiger partial charge in [-0.15, -0.1) is 11.3 Å². The summed E-state index contributed by atoms with van der Waals surface area (Å²) in [5, 5.41) is 3.56. The predicted octanol–water partition coefficient (Wildman–Crippen LogP) is 14.2. The number of aryl methyl sites for hydroxylation is 2. The van der Waals surface area contributed by atoms with Crippen molar-refractivity contribution in [2.24, 2.45) is 0 Å². The van der Waals surface area contributed by atoms with Gasteiger partial charge in [0.2, 0.25) is 0 Å². The zero-order valence-corrected chi connectivity index (χ0v) is 30.8. The molecule has 9 aromatic rings. The third kappa shape index (κ3) is 6.61. The van der Waals surface area contributed by atoms with E-state index in [1.165, 1.54) is 36.9 Å². The Bertz CT molecular complexity index is 2810. The summed E-state index contributed by atoms with van der Waals surface area (Å²) in [5.74, 6) is 0.660. The summed E-state index contributed by atoms with van der Waals surface area (Å²) in [6, 6.07) is 48.6. The van der Waals surface area contributed by atoms with Crippen molar-refractivity contribution >= 4 is 59.2 Å². The van der Waals surface area contributed by atoms with Gasteiger partial charge < -0.3 is 4.42 Å². The molecule has 256 valence electrons. The Morgan fingerprint density at radius 2 is 1.34 bits per heavy atom. The molecule has 4 heteroatoms. The molecule has 0 radical (unpaired) electrons. The predicted molar refractivity (Wildman–Crippen MR) is 227 cm³/mol. The Kier molecular flexibility index (Phi) is 9.37. The highest BCUT2D eigenvalue weighted by Gasteiger charge is 2.19. The smallest absolute Gasteiger partial charge is 0.180 e. The highest BCUT2D eigenvalue weighted by Crippen LogP contribution is 2.41. The average Bonchev–Trinajstić information content (AvgIpc) is 3.78. The van der Waals surface area contributed by atoms with Crippen molar-refractivity contribution < 1.29 is 4.42 Å². The lowest BCUT2D eigenvalue weighted by atomic mass is 9.99. The van der Waals surface area contributed by atoms with Gasteiger partial charge in [-0.3, -0.25) is 0 Å². The number of hydrogen-bond acceptors (Lipinski definition) is 4. The molecule has 0 saturated heterocycles. The van der Waals surface area contributed by atoms with Crippen molar-refractivity contribution in [2.45, 2.75) is 20.8 Å². The van der Waals surface area contributed by atoms with Crippen LogP contribution >= 0.6 is 11.3 Å². The van der Waals surface area contributed by atoms with Crippen LogP contribution in [0.5, 0.6) is 0 Å². The molecule has 0 aliphatic heterocycles. The highest BCUT2D eigenvalue weighted by atomic mass is 32.1. The second-order valence-electron chi connectivity index (χ2n) is 13.1. The summed E-state index contributed by atoms with van der Waals surface area (Å²) < 4.78 is 9.03. The fourth-order valence-corrected chi connectivity index (χ4v) is 7.99. The maximum atomic E-state index is 6.44. The number of allylic oxidation sites excluding steroid dienone is 5. The minimum Gasteiger partial charge on any atom is -0.452 e. The topological polar surface area (TPSA) is 38.9 Å². The van der Waals surface area contributed by atoms with E-state index in [0.717, 1.165) is 50.0 Å². The molecule has 3 nitrogen and oxygen atoms in total. The lowest BCUT2D eigenvalue weighted by Gasteiger charge is -2.10. The van der Waals surface area contributed by atoms with E-state index in [1.807, 2.05) is 54.7 Å². The fourth-order valence-electron chi connectivity index (χ4n) is 6.75. The fraction of sp³-hybridized carbons (Fsp3) is 0.0612. The van der Waals surface area contributed by atoms with Crippen LogP contribution in [0.3, 0.4) is 0 Å². The molecule has 53 heavy (non-hydrogen) atoms. The minimum atomic E-state index is 0.660. The van der Waals surface area contributed by atoms with E-state index in [1.54, 1.807) is 0 Å². The van der Waals surface area contributed by atoms with Crippen molar-refractivity contribution in [1.82, 2.24) is 9.97 Å². The van der Waals surface area contributed by atoms with E-state index in [4.69, 9.17) is 14.4 Å². The number of thiophene rings is 1. The zero-order chi connectivity index (χ0) is 36.3. The summed E-state index contributed by atoms with van der Waals surface area (Å²) in [5.41, 5.74) is 12.3. The van der Waals surface area contributed by atoms with E-state index >= 15 is 0 Å². The molecule has 0 atom stereocenters. The van der Waals surface area contributed by atoms with Crippen LogP contribution in [0, 0.1) is 13.8 Å². The summed E-state index contributed by atoms with van der Waals surface area (Å²) in [4.78, 5) is 10.2. The van der Waals surface area contributed by atoms with Crippen LogP contribution in [0.25, 0.3) is 81.6 Å². The Morgan fingerprint density at radius 3 is 2.09 bits per heavy atom. The van der Waals surface area contributed by atoms with Crippen molar-refractivity contribution in [3.63, 3.8) is 0 Å². The van der Waals surface area contributed by atoms with Crippen LogP contribution < -0.4 is 0 Å². The molecule has 3 aromatic heterocycles. The van der Waals surface area contributed by atoms with Crippen LogP contribution in [0.4, 0.5) is 0 Å². The zero-order valence-electron chi connectivity index (χ0n) is 30.0. The first-order valence-electron chi connectivity index (χ1n) is 17.8. The number of fused-ring (bicyclic) bond motifs is 6. The Morgan fingerprint density at radius 1 is 0.660 bits per heavy atom. The SMILES string of the molecule is C=C/C=C(\C=C/C)c1ccc(-c2nc(-c3cccc(-c4cccc5c4sc4ccccc45)c3)c3oc4ccccc4c3n2)cc1.Cc1ccccc1C. The van der Waals surface area contributed by atoms with E-state index < -0.39 is 0 Å². The summed E-state index contributed by atoms with van der Waals surface area (Å²) in [6.07, 6.45) is 7.94. The largest absolute Gasteiger partial charge is 0.452 e. The van der Waals surface area contributed by atoms with Crippen molar-refractivity contribution in [3.8, 4) is 33.8 Å². The average molecular weight is 703 g/mol. The van der Waals surface area contributed by atoms with Gasteiger partial charge >= 0.3 is 0 Å². The normalized spacial score (nSPS) is 11.8. The van der Waals surface area contributed by atoms with Crippen LogP contribution in [-0.2, 0) is 0 Å². The Balaban J connectivity index is 0.000000445. The van der Waals surface area contributed by atoms with Crippen LogP contribution in [-0.4, -0.2) is 9.97 Å². The third-order valence-corrected chi connectivity index (χ3v) is 10.8. The molecule has 0 amide bonds. The Hall–Kier alpha value is -6.36. The van der Waals surface area contributed by atoms with E-state index in [2.05, 4.69) is 148 Å². The van der Waals surface area contributed by atoms with Crippen LogP contribution in [0.1, 0.15) is 23.6 Å². The molecule has 0 spiro atoms. The number of aromatic nitrogens is 2. The molecule has 0 fully saturated rings. The second kappa shape index (κ2) is 14.7. The number of hydrogen-bond donors (Lipinski definition) is 0. The minimum absolute atomic E-state index is 0.660. The number of rotatable bonds is 6. The maximum absolute atomic E-state index is 6.44. The first kappa shape index (κ1) is 33.8. The summed E-state index contributed by atoms with van der Waals surface area (Å²) in [6.45, 7) is 10.1. The van der Waals surface area contributed by atoms with Gasteiger partial charge in [0.25, 0.3) is 0 Å². The Labute approximate surface area is 313 Å². The highest BCUT2D eigenvalue weighted by molar-refractivity contribution is 7.26. The van der Waals surface area contributed by atoms with Crippen molar-refractivity contribution in [3.05, 3.63) is 187 Å². The molecular formula is C49H38N2OS. The monoisotopic (exact) mass is 702 g/mol. The van der Waals surface area contributed by atoms with Gasteiger partial charge in [-0.2, -0.15) is 0 Å².